The molecule has 0 N–H and O–H groups in total. The molecule has 4 rings (SSSR count). The molecule has 8 heteroatoms. The lowest BCUT2D eigenvalue weighted by Gasteiger charge is -2.09. The second-order valence-corrected chi connectivity index (χ2v) is 7.14. The molecule has 0 fully saturated rings. The number of aromatic nitrogens is 4. The van der Waals surface area contributed by atoms with E-state index in [1.54, 1.807) is 0 Å². The number of hydrogen-bond acceptors (Lipinski definition) is 7. The molecule has 152 valence electrons. The van der Waals surface area contributed by atoms with Crippen LogP contribution in [0.5, 0.6) is 0 Å². The van der Waals surface area contributed by atoms with Crippen LogP contribution in [-0.4, -0.2) is 26.2 Å². The van der Waals surface area contributed by atoms with Gasteiger partial charge in [0, 0.05) is 22.6 Å². The fourth-order valence-corrected chi connectivity index (χ4v) is 3.09. The van der Waals surface area contributed by atoms with Gasteiger partial charge in [-0.15, -0.1) is 10.2 Å². The van der Waals surface area contributed by atoms with E-state index in [0.717, 1.165) is 27.6 Å². The van der Waals surface area contributed by atoms with Gasteiger partial charge in [0.05, 0.1) is 0 Å². The van der Waals surface area contributed by atoms with Gasteiger partial charge in [-0.25, -0.2) is 9.59 Å². The molecular weight excluding hydrogens is 384 g/mol. The minimum atomic E-state index is -0.534. The number of fused-ring (bicyclic) bond motifs is 1. The molecule has 2 aromatic carbocycles. The van der Waals surface area contributed by atoms with Gasteiger partial charge in [0.1, 0.15) is 12.2 Å². The van der Waals surface area contributed by atoms with Crippen LogP contribution in [0.2, 0.25) is 0 Å². The van der Waals surface area contributed by atoms with Gasteiger partial charge in [-0.1, -0.05) is 42.0 Å². The Labute approximate surface area is 172 Å². The van der Waals surface area contributed by atoms with Crippen LogP contribution in [0, 0.1) is 20.8 Å². The lowest BCUT2D eigenvalue weighted by atomic mass is 10.0. The highest BCUT2D eigenvalue weighted by Gasteiger charge is 2.13. The molecule has 0 aliphatic carbocycles. The number of esters is 1. The predicted molar refractivity (Wildman–Crippen MR) is 110 cm³/mol. The van der Waals surface area contributed by atoms with Crippen molar-refractivity contribution in [3.8, 4) is 11.4 Å². The lowest BCUT2D eigenvalue weighted by molar-refractivity contribution is -0.146. The fraction of sp³-hybridized carbons (Fsp3) is 0.227. The Bertz CT molecular complexity index is 1290. The summed E-state index contributed by atoms with van der Waals surface area (Å²) in [4.78, 5) is 25.4. The van der Waals surface area contributed by atoms with E-state index in [9.17, 15) is 9.59 Å². The van der Waals surface area contributed by atoms with Gasteiger partial charge in [0.15, 0.2) is 6.54 Å². The van der Waals surface area contributed by atoms with E-state index in [2.05, 4.69) is 15.4 Å². The largest absolute Gasteiger partial charge is 0.459 e. The highest BCUT2D eigenvalue weighted by Crippen LogP contribution is 2.23. The second kappa shape index (κ2) is 7.90. The van der Waals surface area contributed by atoms with Gasteiger partial charge >= 0.3 is 11.6 Å². The molecule has 0 aliphatic rings. The monoisotopic (exact) mass is 404 g/mol. The van der Waals surface area contributed by atoms with Crippen LogP contribution < -0.4 is 5.63 Å². The Hall–Kier alpha value is -3.81. The van der Waals surface area contributed by atoms with Gasteiger partial charge in [-0.3, -0.25) is 0 Å². The summed E-state index contributed by atoms with van der Waals surface area (Å²) in [5, 5.41) is 12.8. The average molecular weight is 404 g/mol. The van der Waals surface area contributed by atoms with E-state index in [-0.39, 0.29) is 13.2 Å². The first-order valence-corrected chi connectivity index (χ1v) is 9.44. The standard InChI is InChI=1S/C22H20N4O4/c1-13-4-7-16(8-5-13)22-23-25-26(24-22)11-20(28)29-12-17-10-19(27)30-21-15(3)14(2)6-9-18(17)21/h4-10H,11-12H2,1-3H3. The van der Waals surface area contributed by atoms with Crippen molar-refractivity contribution >= 4 is 16.9 Å². The summed E-state index contributed by atoms with van der Waals surface area (Å²) >= 11 is 0. The lowest BCUT2D eigenvalue weighted by Crippen LogP contribution is -2.16. The molecule has 30 heavy (non-hydrogen) atoms. The maximum absolute atomic E-state index is 12.3. The number of carbonyl (C=O) groups is 1. The first kappa shape index (κ1) is 19.5. The SMILES string of the molecule is Cc1ccc(-c2nnn(CC(=O)OCc3cc(=O)oc4c(C)c(C)ccc34)n2)cc1. The van der Waals surface area contributed by atoms with Crippen molar-refractivity contribution in [2.75, 3.05) is 0 Å². The third-order valence-corrected chi connectivity index (χ3v) is 4.94. The maximum Gasteiger partial charge on any atom is 0.336 e. The van der Waals surface area contributed by atoms with Crippen LogP contribution in [0.4, 0.5) is 0 Å². The highest BCUT2D eigenvalue weighted by molar-refractivity contribution is 5.84. The van der Waals surface area contributed by atoms with E-state index in [1.807, 2.05) is 57.2 Å². The van der Waals surface area contributed by atoms with Crippen molar-refractivity contribution in [2.24, 2.45) is 0 Å². The molecule has 2 aromatic heterocycles. The van der Waals surface area contributed by atoms with Gasteiger partial charge in [-0.05, 0) is 37.1 Å². The van der Waals surface area contributed by atoms with E-state index in [1.165, 1.54) is 10.9 Å². The number of hydrogen-bond donors (Lipinski definition) is 0. The Kier molecular flexibility index (Phi) is 5.14. The summed E-state index contributed by atoms with van der Waals surface area (Å²) in [5.41, 5.74) is 4.45. The van der Waals surface area contributed by atoms with Crippen molar-refractivity contribution in [3.63, 3.8) is 0 Å². The molecule has 0 aliphatic heterocycles. The Morgan fingerprint density at radius 3 is 2.63 bits per heavy atom. The fourth-order valence-electron chi connectivity index (χ4n) is 3.09. The molecule has 0 amide bonds. The molecule has 0 atom stereocenters. The van der Waals surface area contributed by atoms with Crippen molar-refractivity contribution < 1.29 is 13.9 Å². The first-order chi connectivity index (χ1) is 14.4. The van der Waals surface area contributed by atoms with Gasteiger partial charge in [-0.2, -0.15) is 4.80 Å². The van der Waals surface area contributed by atoms with E-state index >= 15 is 0 Å². The van der Waals surface area contributed by atoms with Crippen LogP contribution in [0.1, 0.15) is 22.3 Å². The molecule has 8 nitrogen and oxygen atoms in total. The molecule has 4 aromatic rings. The number of benzene rings is 2. The van der Waals surface area contributed by atoms with Gasteiger partial charge in [0.2, 0.25) is 5.82 Å². The summed E-state index contributed by atoms with van der Waals surface area (Å²) in [6.07, 6.45) is 0. The molecule has 2 heterocycles. The normalized spacial score (nSPS) is 11.0. The summed E-state index contributed by atoms with van der Waals surface area (Å²) < 4.78 is 10.7. The van der Waals surface area contributed by atoms with Crippen LogP contribution in [0.15, 0.2) is 51.7 Å². The van der Waals surface area contributed by atoms with Gasteiger partial charge < -0.3 is 9.15 Å². The predicted octanol–water partition coefficient (Wildman–Crippen LogP) is 3.12. The van der Waals surface area contributed by atoms with Crippen LogP contribution in [0.3, 0.4) is 0 Å². The minimum Gasteiger partial charge on any atom is -0.459 e. The number of nitrogens with zero attached hydrogens (tertiary/aromatic N) is 4. The van der Waals surface area contributed by atoms with E-state index in [4.69, 9.17) is 9.15 Å². The Morgan fingerprint density at radius 2 is 1.87 bits per heavy atom. The third kappa shape index (κ3) is 3.98. The summed E-state index contributed by atoms with van der Waals surface area (Å²) in [6.45, 7) is 5.58. The zero-order valence-corrected chi connectivity index (χ0v) is 16.9. The molecule has 0 saturated heterocycles. The van der Waals surface area contributed by atoms with Crippen molar-refractivity contribution in [1.29, 1.82) is 0 Å². The first-order valence-electron chi connectivity index (χ1n) is 9.44. The number of carbonyl (C=O) groups excluding carboxylic acids is 1. The summed E-state index contributed by atoms with van der Waals surface area (Å²) in [6, 6.07) is 12.8. The zero-order valence-electron chi connectivity index (χ0n) is 16.9. The molecule has 0 radical (unpaired) electrons. The third-order valence-electron chi connectivity index (χ3n) is 4.94. The Morgan fingerprint density at radius 1 is 1.10 bits per heavy atom. The van der Waals surface area contributed by atoms with Crippen LogP contribution in [-0.2, 0) is 22.7 Å². The molecule has 0 saturated carbocycles. The molecule has 0 unspecified atom stereocenters. The van der Waals surface area contributed by atoms with Gasteiger partial charge in [0.25, 0.3) is 0 Å². The molecular formula is C22H20N4O4. The van der Waals surface area contributed by atoms with Crippen molar-refractivity contribution in [1.82, 2.24) is 20.2 Å². The van der Waals surface area contributed by atoms with Crippen LogP contribution in [0.25, 0.3) is 22.4 Å². The summed E-state index contributed by atoms with van der Waals surface area (Å²) in [7, 11) is 0. The zero-order chi connectivity index (χ0) is 21.3. The van der Waals surface area contributed by atoms with Crippen LogP contribution >= 0.6 is 0 Å². The number of aryl methyl sites for hydroxylation is 3. The van der Waals surface area contributed by atoms with Crippen molar-refractivity contribution in [2.45, 2.75) is 33.9 Å². The number of ether oxygens (including phenoxy) is 1. The molecule has 0 bridgehead atoms. The van der Waals surface area contributed by atoms with E-state index < -0.39 is 11.6 Å². The second-order valence-electron chi connectivity index (χ2n) is 7.14. The Balaban J connectivity index is 1.46. The highest BCUT2D eigenvalue weighted by atomic mass is 16.5. The van der Waals surface area contributed by atoms with Crippen molar-refractivity contribution in [3.05, 3.63) is 75.1 Å². The summed E-state index contributed by atoms with van der Waals surface area (Å²) in [5.74, 6) is -0.103. The minimum absolute atomic E-state index is 0.0526. The quantitative estimate of drug-likeness (QED) is 0.372. The average Bonchev–Trinajstić information content (AvgIpc) is 3.18. The smallest absolute Gasteiger partial charge is 0.336 e. The topological polar surface area (TPSA) is 100 Å². The molecule has 0 spiro atoms. The number of tetrazole rings is 1. The van der Waals surface area contributed by atoms with E-state index in [0.29, 0.717) is 17.0 Å². The number of rotatable bonds is 5. The maximum atomic E-state index is 12.3.